The van der Waals surface area contributed by atoms with Crippen LogP contribution < -0.4 is 4.90 Å². The number of amidine groups is 1. The number of nitrogens with zero attached hydrogens (tertiary/aromatic N) is 2. The molecular formula is C23H16F2N2O. The van der Waals surface area contributed by atoms with Crippen molar-refractivity contribution in [1.29, 1.82) is 0 Å². The Bertz CT molecular complexity index is 1100. The minimum atomic E-state index is -0.383. The van der Waals surface area contributed by atoms with Gasteiger partial charge in [-0.2, -0.15) is 0 Å². The lowest BCUT2D eigenvalue weighted by Gasteiger charge is -2.18. The van der Waals surface area contributed by atoms with Crippen molar-refractivity contribution < 1.29 is 13.6 Å². The van der Waals surface area contributed by atoms with E-state index in [1.54, 1.807) is 30.3 Å². The maximum absolute atomic E-state index is 13.4. The van der Waals surface area contributed by atoms with Crippen molar-refractivity contribution in [3.8, 4) is 0 Å². The number of rotatable bonds is 3. The Balaban J connectivity index is 1.82. The first-order valence-corrected chi connectivity index (χ1v) is 8.74. The number of hydrogen-bond acceptors (Lipinski definition) is 2. The zero-order valence-corrected chi connectivity index (χ0v) is 15.1. The van der Waals surface area contributed by atoms with Gasteiger partial charge < -0.3 is 0 Å². The van der Waals surface area contributed by atoms with Crippen LogP contribution in [0.15, 0.2) is 83.5 Å². The number of aryl methyl sites for hydroxylation is 1. The monoisotopic (exact) mass is 374 g/mol. The topological polar surface area (TPSA) is 32.7 Å². The second kappa shape index (κ2) is 7.19. The third-order valence-electron chi connectivity index (χ3n) is 4.39. The predicted octanol–water partition coefficient (Wildman–Crippen LogP) is 5.11. The number of aliphatic imine (C=N–C) groups is 1. The predicted molar refractivity (Wildman–Crippen MR) is 106 cm³/mol. The van der Waals surface area contributed by atoms with Crippen molar-refractivity contribution in [2.24, 2.45) is 4.99 Å². The molecule has 1 amide bonds. The standard InChI is InChI=1S/C23H16F2N2O/c1-15-3-2-4-17(13-15)22-26-21(14-16-5-7-18(24)8-6-16)23(28)27(22)20-11-9-19(25)10-12-20/h2-14H,1H3/b21-14+. The maximum Gasteiger partial charge on any atom is 0.282 e. The molecule has 138 valence electrons. The first-order valence-electron chi connectivity index (χ1n) is 8.74. The minimum absolute atomic E-state index is 0.229. The van der Waals surface area contributed by atoms with Crippen LogP contribution in [-0.2, 0) is 4.79 Å². The van der Waals surface area contributed by atoms with E-state index >= 15 is 0 Å². The van der Waals surface area contributed by atoms with E-state index in [1.807, 2.05) is 31.2 Å². The first-order chi connectivity index (χ1) is 13.5. The molecule has 0 aromatic heterocycles. The van der Waals surface area contributed by atoms with E-state index in [0.29, 0.717) is 17.1 Å². The third-order valence-corrected chi connectivity index (χ3v) is 4.39. The molecule has 0 N–H and O–H groups in total. The number of hydrogen-bond donors (Lipinski definition) is 0. The summed E-state index contributed by atoms with van der Waals surface area (Å²) in [7, 11) is 0. The van der Waals surface area contributed by atoms with Gasteiger partial charge in [-0.1, -0.05) is 35.9 Å². The Kier molecular flexibility index (Phi) is 4.57. The van der Waals surface area contributed by atoms with Gasteiger partial charge in [-0.25, -0.2) is 13.8 Å². The van der Waals surface area contributed by atoms with Gasteiger partial charge in [-0.05, 0) is 61.0 Å². The van der Waals surface area contributed by atoms with E-state index in [4.69, 9.17) is 0 Å². The summed E-state index contributed by atoms with van der Waals surface area (Å²) in [6.45, 7) is 1.96. The Morgan fingerprint density at radius 2 is 1.54 bits per heavy atom. The molecule has 0 unspecified atom stereocenters. The Hall–Kier alpha value is -3.60. The fraction of sp³-hybridized carbons (Fsp3) is 0.0435. The molecule has 1 aliphatic rings. The molecule has 5 heteroatoms. The van der Waals surface area contributed by atoms with Gasteiger partial charge in [-0.15, -0.1) is 0 Å². The van der Waals surface area contributed by atoms with E-state index in [1.165, 1.54) is 29.2 Å². The van der Waals surface area contributed by atoms with Crippen LogP contribution in [0.25, 0.3) is 6.08 Å². The minimum Gasteiger partial charge on any atom is -0.266 e. The smallest absolute Gasteiger partial charge is 0.266 e. The van der Waals surface area contributed by atoms with Gasteiger partial charge in [0, 0.05) is 5.56 Å². The molecule has 0 atom stereocenters. The van der Waals surface area contributed by atoms with E-state index in [0.717, 1.165) is 11.1 Å². The lowest BCUT2D eigenvalue weighted by Crippen LogP contribution is -2.32. The molecule has 0 radical (unpaired) electrons. The molecule has 3 aromatic carbocycles. The number of halogens is 2. The zero-order valence-electron chi connectivity index (χ0n) is 15.1. The summed E-state index contributed by atoms with van der Waals surface area (Å²) in [5.74, 6) is -0.593. The van der Waals surface area contributed by atoms with Gasteiger partial charge in [-0.3, -0.25) is 9.69 Å². The van der Waals surface area contributed by atoms with Gasteiger partial charge >= 0.3 is 0 Å². The fourth-order valence-electron chi connectivity index (χ4n) is 3.04. The molecule has 0 saturated heterocycles. The highest BCUT2D eigenvalue weighted by molar-refractivity contribution is 6.33. The number of carbonyl (C=O) groups excluding carboxylic acids is 1. The van der Waals surface area contributed by atoms with Crippen molar-refractivity contribution in [3.63, 3.8) is 0 Å². The van der Waals surface area contributed by atoms with Gasteiger partial charge in [0.15, 0.2) is 0 Å². The second-order valence-corrected chi connectivity index (χ2v) is 6.50. The van der Waals surface area contributed by atoms with Crippen molar-refractivity contribution in [2.75, 3.05) is 4.90 Å². The molecule has 0 saturated carbocycles. The third kappa shape index (κ3) is 3.47. The van der Waals surface area contributed by atoms with Crippen LogP contribution in [0.5, 0.6) is 0 Å². The fourth-order valence-corrected chi connectivity index (χ4v) is 3.04. The highest BCUT2D eigenvalue weighted by atomic mass is 19.1. The summed E-state index contributed by atoms with van der Waals surface area (Å²) >= 11 is 0. The molecule has 3 aromatic rings. The first kappa shape index (κ1) is 17.8. The quantitative estimate of drug-likeness (QED) is 0.587. The van der Waals surface area contributed by atoms with Crippen LogP contribution in [0.2, 0.25) is 0 Å². The van der Waals surface area contributed by atoms with Crippen LogP contribution in [-0.4, -0.2) is 11.7 Å². The summed E-state index contributed by atoms with van der Waals surface area (Å²) in [4.78, 5) is 19.1. The Morgan fingerprint density at radius 1 is 0.893 bits per heavy atom. The summed E-state index contributed by atoms with van der Waals surface area (Å²) in [5.41, 5.74) is 3.22. The SMILES string of the molecule is Cc1cccc(C2=N/C(=C/c3ccc(F)cc3)C(=O)N2c2ccc(F)cc2)c1. The highest BCUT2D eigenvalue weighted by Gasteiger charge is 2.32. The van der Waals surface area contributed by atoms with Gasteiger partial charge in [0.2, 0.25) is 0 Å². The Labute approximate surface area is 161 Å². The molecule has 0 bridgehead atoms. The van der Waals surface area contributed by atoms with E-state index in [9.17, 15) is 13.6 Å². The molecule has 28 heavy (non-hydrogen) atoms. The largest absolute Gasteiger partial charge is 0.282 e. The van der Waals surface area contributed by atoms with Crippen LogP contribution in [0, 0.1) is 18.6 Å². The van der Waals surface area contributed by atoms with Crippen LogP contribution in [0.4, 0.5) is 14.5 Å². The number of carbonyl (C=O) groups is 1. The van der Waals surface area contributed by atoms with Crippen LogP contribution >= 0.6 is 0 Å². The lowest BCUT2D eigenvalue weighted by atomic mass is 10.1. The molecular weight excluding hydrogens is 358 g/mol. The second-order valence-electron chi connectivity index (χ2n) is 6.50. The van der Waals surface area contributed by atoms with Gasteiger partial charge in [0.05, 0.1) is 5.69 Å². The molecule has 0 fully saturated rings. The van der Waals surface area contributed by atoms with E-state index in [-0.39, 0.29) is 23.2 Å². The molecule has 4 rings (SSSR count). The normalized spacial score (nSPS) is 15.2. The van der Waals surface area contributed by atoms with Crippen molar-refractivity contribution >= 4 is 23.5 Å². The van der Waals surface area contributed by atoms with Gasteiger partial charge in [0.25, 0.3) is 5.91 Å². The average Bonchev–Trinajstić information content (AvgIpc) is 3.01. The van der Waals surface area contributed by atoms with E-state index < -0.39 is 0 Å². The number of amides is 1. The van der Waals surface area contributed by atoms with Crippen molar-refractivity contribution in [3.05, 3.63) is 107 Å². The summed E-state index contributed by atoms with van der Waals surface area (Å²) in [5, 5.41) is 0. The van der Waals surface area contributed by atoms with Crippen molar-refractivity contribution in [2.45, 2.75) is 6.92 Å². The molecule has 1 aliphatic heterocycles. The van der Waals surface area contributed by atoms with Crippen LogP contribution in [0.3, 0.4) is 0 Å². The summed E-state index contributed by atoms with van der Waals surface area (Å²) < 4.78 is 26.5. The lowest BCUT2D eigenvalue weighted by molar-refractivity contribution is -0.113. The maximum atomic E-state index is 13.4. The highest BCUT2D eigenvalue weighted by Crippen LogP contribution is 2.28. The summed E-state index contributed by atoms with van der Waals surface area (Å²) in [6.07, 6.45) is 1.61. The van der Waals surface area contributed by atoms with Gasteiger partial charge in [0.1, 0.15) is 23.2 Å². The van der Waals surface area contributed by atoms with E-state index in [2.05, 4.69) is 4.99 Å². The summed E-state index contributed by atoms with van der Waals surface area (Å²) in [6, 6.07) is 19.2. The van der Waals surface area contributed by atoms with Crippen molar-refractivity contribution in [1.82, 2.24) is 0 Å². The Morgan fingerprint density at radius 3 is 2.18 bits per heavy atom. The molecule has 3 nitrogen and oxygen atoms in total. The average molecular weight is 374 g/mol. The van der Waals surface area contributed by atoms with Crippen LogP contribution in [0.1, 0.15) is 16.7 Å². The molecule has 0 aliphatic carbocycles. The zero-order chi connectivity index (χ0) is 19.7. The number of anilines is 1. The number of benzene rings is 3. The molecule has 0 spiro atoms. The molecule has 1 heterocycles.